The van der Waals surface area contributed by atoms with Crippen molar-refractivity contribution < 1.29 is 9.53 Å². The number of nitrogens with zero attached hydrogens (tertiary/aromatic N) is 4. The fourth-order valence-electron chi connectivity index (χ4n) is 2.48. The molecule has 0 saturated heterocycles. The highest BCUT2D eigenvalue weighted by atomic mass is 16.6. The van der Waals surface area contributed by atoms with Crippen molar-refractivity contribution in [3.63, 3.8) is 0 Å². The second-order valence-electron chi connectivity index (χ2n) is 5.60. The lowest BCUT2D eigenvalue weighted by atomic mass is 10.1. The third-order valence-corrected chi connectivity index (χ3v) is 3.67. The molecule has 0 fully saturated rings. The van der Waals surface area contributed by atoms with E-state index in [4.69, 9.17) is 4.74 Å². The Hall–Kier alpha value is -3.54. The molecule has 0 amide bonds. The SMILES string of the molecule is Cc1cccc(C2=N/C(=C/c3cnn(-c4ccccc4)n3)C(=O)O2)c1. The van der Waals surface area contributed by atoms with Gasteiger partial charge in [0.25, 0.3) is 0 Å². The lowest BCUT2D eigenvalue weighted by Gasteiger charge is -1.99. The molecule has 0 atom stereocenters. The molecule has 0 aliphatic carbocycles. The first-order valence-electron chi connectivity index (χ1n) is 7.76. The Morgan fingerprint density at radius 3 is 2.72 bits per heavy atom. The number of esters is 1. The van der Waals surface area contributed by atoms with Crippen LogP contribution in [-0.2, 0) is 9.53 Å². The van der Waals surface area contributed by atoms with E-state index >= 15 is 0 Å². The molecule has 6 nitrogen and oxygen atoms in total. The first kappa shape index (κ1) is 15.0. The lowest BCUT2D eigenvalue weighted by molar-refractivity contribution is -0.129. The number of ether oxygens (including phenoxy) is 1. The first-order valence-corrected chi connectivity index (χ1v) is 7.76. The number of rotatable bonds is 3. The van der Waals surface area contributed by atoms with Crippen molar-refractivity contribution in [3.05, 3.63) is 83.3 Å². The number of carbonyl (C=O) groups excluding carboxylic acids is 1. The number of aliphatic imine (C=N–C) groups is 1. The predicted octanol–water partition coefficient (Wildman–Crippen LogP) is 2.92. The molecule has 4 rings (SSSR count). The van der Waals surface area contributed by atoms with Gasteiger partial charge in [0.1, 0.15) is 5.69 Å². The maximum Gasteiger partial charge on any atom is 0.363 e. The quantitative estimate of drug-likeness (QED) is 0.547. The zero-order chi connectivity index (χ0) is 17.2. The number of hydrogen-bond donors (Lipinski definition) is 0. The van der Waals surface area contributed by atoms with Crippen molar-refractivity contribution in [3.8, 4) is 5.69 Å². The van der Waals surface area contributed by atoms with Crippen molar-refractivity contribution in [1.29, 1.82) is 0 Å². The van der Waals surface area contributed by atoms with Crippen LogP contribution in [0, 0.1) is 6.92 Å². The molecule has 0 bridgehead atoms. The monoisotopic (exact) mass is 330 g/mol. The number of para-hydroxylation sites is 1. The highest BCUT2D eigenvalue weighted by Crippen LogP contribution is 2.19. The normalized spacial score (nSPS) is 15.3. The molecular formula is C19H14N4O2. The second kappa shape index (κ2) is 6.16. The fraction of sp³-hybridized carbons (Fsp3) is 0.0526. The molecular weight excluding hydrogens is 316 g/mol. The molecule has 1 aliphatic rings. The van der Waals surface area contributed by atoms with Crippen molar-refractivity contribution in [1.82, 2.24) is 15.0 Å². The summed E-state index contributed by atoms with van der Waals surface area (Å²) in [6.07, 6.45) is 3.14. The molecule has 3 aromatic rings. The number of aromatic nitrogens is 3. The third kappa shape index (κ3) is 3.10. The topological polar surface area (TPSA) is 69.4 Å². The minimum Gasteiger partial charge on any atom is -0.402 e. The van der Waals surface area contributed by atoms with Crippen LogP contribution in [0.15, 0.2) is 71.5 Å². The maximum atomic E-state index is 12.1. The summed E-state index contributed by atoms with van der Waals surface area (Å²) in [5, 5.41) is 8.55. The molecule has 1 aliphatic heterocycles. The third-order valence-electron chi connectivity index (χ3n) is 3.67. The van der Waals surface area contributed by atoms with Gasteiger partial charge >= 0.3 is 5.97 Å². The van der Waals surface area contributed by atoms with Crippen molar-refractivity contribution in [2.75, 3.05) is 0 Å². The van der Waals surface area contributed by atoms with Gasteiger partial charge in [-0.25, -0.2) is 9.79 Å². The van der Waals surface area contributed by atoms with Crippen LogP contribution in [-0.4, -0.2) is 26.9 Å². The van der Waals surface area contributed by atoms with Gasteiger partial charge in [-0.15, -0.1) is 5.10 Å². The molecule has 2 aromatic carbocycles. The Balaban J connectivity index is 1.63. The zero-order valence-electron chi connectivity index (χ0n) is 13.5. The molecule has 122 valence electrons. The molecule has 0 unspecified atom stereocenters. The van der Waals surface area contributed by atoms with Gasteiger partial charge in [0, 0.05) is 11.6 Å². The predicted molar refractivity (Wildman–Crippen MR) is 93.1 cm³/mol. The van der Waals surface area contributed by atoms with Gasteiger partial charge in [0.05, 0.1) is 11.9 Å². The van der Waals surface area contributed by atoms with E-state index in [1.807, 2.05) is 61.5 Å². The van der Waals surface area contributed by atoms with E-state index in [9.17, 15) is 4.79 Å². The van der Waals surface area contributed by atoms with Gasteiger partial charge in [0.2, 0.25) is 5.90 Å². The van der Waals surface area contributed by atoms with Crippen LogP contribution in [0.2, 0.25) is 0 Å². The summed E-state index contributed by atoms with van der Waals surface area (Å²) in [4.78, 5) is 17.8. The molecule has 25 heavy (non-hydrogen) atoms. The Bertz CT molecular complexity index is 1000. The highest BCUT2D eigenvalue weighted by Gasteiger charge is 2.24. The number of carbonyl (C=O) groups is 1. The molecule has 0 N–H and O–H groups in total. The van der Waals surface area contributed by atoms with Crippen LogP contribution in [0.4, 0.5) is 0 Å². The summed E-state index contributed by atoms with van der Waals surface area (Å²) in [7, 11) is 0. The average molecular weight is 330 g/mol. The zero-order valence-corrected chi connectivity index (χ0v) is 13.5. The van der Waals surface area contributed by atoms with Gasteiger partial charge < -0.3 is 4.74 Å². The summed E-state index contributed by atoms with van der Waals surface area (Å²) in [5.74, 6) is -0.193. The van der Waals surface area contributed by atoms with E-state index in [0.29, 0.717) is 11.6 Å². The second-order valence-corrected chi connectivity index (χ2v) is 5.60. The summed E-state index contributed by atoms with van der Waals surface area (Å²) < 4.78 is 5.27. The number of hydrogen-bond acceptors (Lipinski definition) is 5. The molecule has 2 heterocycles. The van der Waals surface area contributed by atoms with Gasteiger partial charge in [-0.1, -0.05) is 35.9 Å². The Morgan fingerprint density at radius 2 is 1.92 bits per heavy atom. The molecule has 1 aromatic heterocycles. The summed E-state index contributed by atoms with van der Waals surface area (Å²) in [6, 6.07) is 17.2. The van der Waals surface area contributed by atoms with Crippen molar-refractivity contribution >= 4 is 17.9 Å². The van der Waals surface area contributed by atoms with E-state index in [-0.39, 0.29) is 5.70 Å². The summed E-state index contributed by atoms with van der Waals surface area (Å²) >= 11 is 0. The standard InChI is InChI=1S/C19H14N4O2/c1-13-6-5-7-14(10-13)18-21-17(19(24)25-18)11-15-12-20-23(22-15)16-8-3-2-4-9-16/h2-12H,1H3/b17-11+. The van der Waals surface area contributed by atoms with E-state index in [1.54, 1.807) is 12.3 Å². The molecule has 0 spiro atoms. The van der Waals surface area contributed by atoms with E-state index < -0.39 is 5.97 Å². The smallest absolute Gasteiger partial charge is 0.363 e. The number of cyclic esters (lactones) is 1. The van der Waals surface area contributed by atoms with E-state index in [1.165, 1.54) is 4.80 Å². The van der Waals surface area contributed by atoms with Crippen molar-refractivity contribution in [2.24, 2.45) is 4.99 Å². The van der Waals surface area contributed by atoms with E-state index in [0.717, 1.165) is 16.8 Å². The Kier molecular flexibility index (Phi) is 3.70. The van der Waals surface area contributed by atoms with Gasteiger partial charge in [-0.05, 0) is 31.2 Å². The Morgan fingerprint density at radius 1 is 1.08 bits per heavy atom. The largest absolute Gasteiger partial charge is 0.402 e. The molecule has 6 heteroatoms. The highest BCUT2D eigenvalue weighted by molar-refractivity contribution is 6.12. The average Bonchev–Trinajstić information content (AvgIpc) is 3.24. The van der Waals surface area contributed by atoms with E-state index in [2.05, 4.69) is 15.2 Å². The van der Waals surface area contributed by atoms with Crippen LogP contribution < -0.4 is 0 Å². The fourth-order valence-corrected chi connectivity index (χ4v) is 2.48. The number of benzene rings is 2. The maximum absolute atomic E-state index is 12.1. The lowest BCUT2D eigenvalue weighted by Crippen LogP contribution is -2.05. The van der Waals surface area contributed by atoms with Crippen LogP contribution in [0.1, 0.15) is 16.8 Å². The minimum absolute atomic E-state index is 0.205. The first-order chi connectivity index (χ1) is 12.2. The molecule has 0 radical (unpaired) electrons. The van der Waals surface area contributed by atoms with Crippen LogP contribution in [0.3, 0.4) is 0 Å². The Labute approximate surface area is 144 Å². The molecule has 0 saturated carbocycles. The van der Waals surface area contributed by atoms with Gasteiger partial charge in [-0.2, -0.15) is 9.90 Å². The summed E-state index contributed by atoms with van der Waals surface area (Å²) in [5.41, 5.74) is 3.41. The minimum atomic E-state index is -0.495. The van der Waals surface area contributed by atoms with Gasteiger partial charge in [-0.3, -0.25) is 0 Å². The van der Waals surface area contributed by atoms with Gasteiger partial charge in [0.15, 0.2) is 5.70 Å². The van der Waals surface area contributed by atoms with Crippen LogP contribution in [0.25, 0.3) is 11.8 Å². The number of aryl methyl sites for hydroxylation is 1. The van der Waals surface area contributed by atoms with Crippen LogP contribution in [0.5, 0.6) is 0 Å². The van der Waals surface area contributed by atoms with Crippen LogP contribution >= 0.6 is 0 Å². The van der Waals surface area contributed by atoms with Crippen molar-refractivity contribution in [2.45, 2.75) is 6.92 Å². The summed E-state index contributed by atoms with van der Waals surface area (Å²) in [6.45, 7) is 1.97.